The first-order valence-electron chi connectivity index (χ1n) is 6.75. The number of nitrogens with zero attached hydrogens (tertiary/aromatic N) is 2. The molecule has 106 valence electrons. The Morgan fingerprint density at radius 3 is 2.75 bits per heavy atom. The summed E-state index contributed by atoms with van der Waals surface area (Å²) in [6.07, 6.45) is 2.76. The smallest absolute Gasteiger partial charge is 0.0471 e. The lowest BCUT2D eigenvalue weighted by molar-refractivity contribution is 0.816. The molecule has 1 aromatic heterocycles. The van der Waals surface area contributed by atoms with Crippen molar-refractivity contribution in [3.63, 3.8) is 0 Å². The van der Waals surface area contributed by atoms with Gasteiger partial charge < -0.3 is 10.2 Å². The highest BCUT2D eigenvalue weighted by Crippen LogP contribution is 2.23. The highest BCUT2D eigenvalue weighted by atomic mass is 35.5. The fraction of sp³-hybridized carbons (Fsp3) is 0.312. The maximum Gasteiger partial charge on any atom is 0.0471 e. The Hall–Kier alpha value is -1.58. The van der Waals surface area contributed by atoms with Crippen molar-refractivity contribution in [3.05, 3.63) is 58.9 Å². The van der Waals surface area contributed by atoms with Crippen LogP contribution < -0.4 is 10.2 Å². The Labute approximate surface area is 125 Å². The van der Waals surface area contributed by atoms with Crippen molar-refractivity contribution in [2.75, 3.05) is 25.5 Å². The third-order valence-electron chi connectivity index (χ3n) is 3.27. The van der Waals surface area contributed by atoms with E-state index in [9.17, 15) is 0 Å². The highest BCUT2D eigenvalue weighted by Gasteiger charge is 2.05. The monoisotopic (exact) mass is 289 g/mol. The average molecular weight is 290 g/mol. The lowest BCUT2D eigenvalue weighted by atomic mass is 10.2. The summed E-state index contributed by atoms with van der Waals surface area (Å²) < 4.78 is 0. The number of pyridine rings is 1. The third kappa shape index (κ3) is 3.95. The second-order valence-corrected chi connectivity index (χ2v) is 5.21. The maximum atomic E-state index is 6.29. The predicted octanol–water partition coefficient (Wildman–Crippen LogP) is 3.13. The van der Waals surface area contributed by atoms with Gasteiger partial charge in [-0.15, -0.1) is 0 Å². The van der Waals surface area contributed by atoms with E-state index in [2.05, 4.69) is 40.4 Å². The number of anilines is 1. The van der Waals surface area contributed by atoms with Gasteiger partial charge in [0, 0.05) is 49.2 Å². The molecule has 0 atom stereocenters. The quantitative estimate of drug-likeness (QED) is 0.885. The topological polar surface area (TPSA) is 28.2 Å². The van der Waals surface area contributed by atoms with E-state index in [0.29, 0.717) is 0 Å². The molecular formula is C16H20ClN3. The minimum atomic E-state index is 0.788. The van der Waals surface area contributed by atoms with Crippen LogP contribution in [0.1, 0.15) is 11.3 Å². The third-order valence-corrected chi connectivity index (χ3v) is 3.63. The molecular weight excluding hydrogens is 270 g/mol. The summed E-state index contributed by atoms with van der Waals surface area (Å²) >= 11 is 6.29. The van der Waals surface area contributed by atoms with Gasteiger partial charge in [-0.2, -0.15) is 0 Å². The van der Waals surface area contributed by atoms with Gasteiger partial charge in [-0.3, -0.25) is 4.98 Å². The number of hydrogen-bond acceptors (Lipinski definition) is 3. The summed E-state index contributed by atoms with van der Waals surface area (Å²) in [5.41, 5.74) is 3.36. The van der Waals surface area contributed by atoms with Gasteiger partial charge in [0.15, 0.2) is 0 Å². The van der Waals surface area contributed by atoms with Crippen LogP contribution >= 0.6 is 11.6 Å². The molecule has 0 aliphatic rings. The first-order valence-corrected chi connectivity index (χ1v) is 7.12. The minimum Gasteiger partial charge on any atom is -0.374 e. The summed E-state index contributed by atoms with van der Waals surface area (Å²) in [5, 5.41) is 3.92. The zero-order valence-corrected chi connectivity index (χ0v) is 12.7. The van der Waals surface area contributed by atoms with Crippen LogP contribution in [0.25, 0.3) is 0 Å². The van der Waals surface area contributed by atoms with E-state index in [1.807, 2.05) is 31.4 Å². The molecule has 0 saturated carbocycles. The van der Waals surface area contributed by atoms with E-state index >= 15 is 0 Å². The molecule has 3 nitrogen and oxygen atoms in total. The normalized spacial score (nSPS) is 10.6. The molecule has 0 spiro atoms. The zero-order valence-electron chi connectivity index (χ0n) is 11.9. The molecule has 1 aromatic carbocycles. The maximum absolute atomic E-state index is 6.29. The van der Waals surface area contributed by atoms with E-state index in [-0.39, 0.29) is 0 Å². The molecule has 1 heterocycles. The molecule has 0 unspecified atom stereocenters. The summed E-state index contributed by atoms with van der Waals surface area (Å²) in [5.74, 6) is 0. The Kier molecular flexibility index (Phi) is 5.39. The standard InChI is InChI=1S/C16H20ClN3/c1-18-12-13-6-7-15(11-16(13)17)20(2)10-8-14-5-3-4-9-19-14/h3-7,9,11,18H,8,10,12H2,1-2H3. The number of hydrogen-bond donors (Lipinski definition) is 1. The van der Waals surface area contributed by atoms with Gasteiger partial charge >= 0.3 is 0 Å². The van der Waals surface area contributed by atoms with E-state index in [1.165, 1.54) is 0 Å². The van der Waals surface area contributed by atoms with E-state index < -0.39 is 0 Å². The van der Waals surface area contributed by atoms with Crippen LogP contribution in [0.4, 0.5) is 5.69 Å². The SMILES string of the molecule is CNCc1ccc(N(C)CCc2ccccn2)cc1Cl. The van der Waals surface area contributed by atoms with Crippen LogP contribution in [0.5, 0.6) is 0 Å². The largest absolute Gasteiger partial charge is 0.374 e. The molecule has 2 rings (SSSR count). The molecule has 0 aliphatic heterocycles. The van der Waals surface area contributed by atoms with Crippen molar-refractivity contribution in [2.24, 2.45) is 0 Å². The van der Waals surface area contributed by atoms with Crippen molar-refractivity contribution >= 4 is 17.3 Å². The van der Waals surface area contributed by atoms with Gasteiger partial charge in [0.25, 0.3) is 0 Å². The summed E-state index contributed by atoms with van der Waals surface area (Å²) in [6.45, 7) is 1.70. The predicted molar refractivity (Wildman–Crippen MR) is 85.4 cm³/mol. The van der Waals surface area contributed by atoms with Crippen molar-refractivity contribution in [2.45, 2.75) is 13.0 Å². The molecule has 0 radical (unpaired) electrons. The molecule has 0 fully saturated rings. The molecule has 0 amide bonds. The Morgan fingerprint density at radius 1 is 1.25 bits per heavy atom. The molecule has 20 heavy (non-hydrogen) atoms. The molecule has 1 N–H and O–H groups in total. The Balaban J connectivity index is 1.98. The molecule has 0 aliphatic carbocycles. The Bertz CT molecular complexity index is 543. The van der Waals surface area contributed by atoms with Gasteiger partial charge in [0.05, 0.1) is 0 Å². The van der Waals surface area contributed by atoms with Crippen molar-refractivity contribution in [1.82, 2.24) is 10.3 Å². The summed E-state index contributed by atoms with van der Waals surface area (Å²) in [6, 6.07) is 12.2. The minimum absolute atomic E-state index is 0.788. The van der Waals surface area contributed by atoms with E-state index in [0.717, 1.165) is 41.5 Å². The highest BCUT2D eigenvalue weighted by molar-refractivity contribution is 6.31. The number of halogens is 1. The lowest BCUT2D eigenvalue weighted by Gasteiger charge is -2.20. The first-order chi connectivity index (χ1) is 9.70. The number of likely N-dealkylation sites (N-methyl/N-ethyl adjacent to an activating group) is 1. The van der Waals surface area contributed by atoms with Crippen LogP contribution in [0.15, 0.2) is 42.6 Å². The average Bonchev–Trinajstić information content (AvgIpc) is 2.48. The fourth-order valence-corrected chi connectivity index (χ4v) is 2.31. The number of rotatable bonds is 6. The van der Waals surface area contributed by atoms with Gasteiger partial charge in [-0.25, -0.2) is 0 Å². The molecule has 4 heteroatoms. The van der Waals surface area contributed by atoms with Crippen LogP contribution in [0, 0.1) is 0 Å². The molecule has 0 saturated heterocycles. The fourth-order valence-electron chi connectivity index (χ4n) is 2.06. The molecule has 2 aromatic rings. The van der Waals surface area contributed by atoms with Gasteiger partial charge in [-0.1, -0.05) is 23.7 Å². The van der Waals surface area contributed by atoms with Crippen LogP contribution in [0.2, 0.25) is 5.02 Å². The van der Waals surface area contributed by atoms with Crippen LogP contribution in [0.3, 0.4) is 0 Å². The second kappa shape index (κ2) is 7.27. The Morgan fingerprint density at radius 2 is 2.10 bits per heavy atom. The summed E-state index contributed by atoms with van der Waals surface area (Å²) in [7, 11) is 4.00. The van der Waals surface area contributed by atoms with Gasteiger partial charge in [0.2, 0.25) is 0 Å². The number of benzene rings is 1. The number of aromatic nitrogens is 1. The van der Waals surface area contributed by atoms with Crippen LogP contribution in [-0.4, -0.2) is 25.6 Å². The lowest BCUT2D eigenvalue weighted by Crippen LogP contribution is -2.20. The zero-order chi connectivity index (χ0) is 14.4. The van der Waals surface area contributed by atoms with Crippen molar-refractivity contribution in [1.29, 1.82) is 0 Å². The second-order valence-electron chi connectivity index (χ2n) is 4.80. The van der Waals surface area contributed by atoms with E-state index in [1.54, 1.807) is 0 Å². The van der Waals surface area contributed by atoms with Crippen LogP contribution in [-0.2, 0) is 13.0 Å². The van der Waals surface area contributed by atoms with Gasteiger partial charge in [-0.05, 0) is 36.9 Å². The first kappa shape index (κ1) is 14.8. The van der Waals surface area contributed by atoms with E-state index in [4.69, 9.17) is 11.6 Å². The van der Waals surface area contributed by atoms with Gasteiger partial charge in [0.1, 0.15) is 0 Å². The van der Waals surface area contributed by atoms with Crippen molar-refractivity contribution < 1.29 is 0 Å². The van der Waals surface area contributed by atoms with Crippen molar-refractivity contribution in [3.8, 4) is 0 Å². The summed E-state index contributed by atoms with van der Waals surface area (Å²) in [4.78, 5) is 6.54. The molecule has 0 bridgehead atoms. The number of nitrogens with one attached hydrogen (secondary N) is 1.